The van der Waals surface area contributed by atoms with Crippen LogP contribution < -0.4 is 15.4 Å². The molecule has 3 aliphatic rings. The molecule has 0 saturated carbocycles. The zero-order chi connectivity index (χ0) is 24.0. The second-order valence-electron chi connectivity index (χ2n) is 10.2. The Morgan fingerprint density at radius 1 is 1.29 bits per heavy atom. The van der Waals surface area contributed by atoms with Gasteiger partial charge in [0.1, 0.15) is 17.2 Å². The molecular weight excluding hydrogens is 432 g/mol. The Bertz CT molecular complexity index is 1170. The van der Waals surface area contributed by atoms with Crippen LogP contribution in [0.5, 0.6) is 5.75 Å². The minimum Gasteiger partial charge on any atom is -0.492 e. The summed E-state index contributed by atoms with van der Waals surface area (Å²) in [6.45, 7) is 8.32. The summed E-state index contributed by atoms with van der Waals surface area (Å²) in [7, 11) is 0. The molecule has 4 heterocycles. The van der Waals surface area contributed by atoms with Crippen LogP contribution in [-0.4, -0.2) is 58.8 Å². The largest absolute Gasteiger partial charge is 0.492 e. The molecule has 9 nitrogen and oxygen atoms in total. The molecule has 178 valence electrons. The number of benzene rings is 1. The molecule has 2 aromatic rings. The molecule has 2 unspecified atom stereocenters. The number of aromatic nitrogens is 2. The lowest BCUT2D eigenvalue weighted by atomic mass is 9.92. The van der Waals surface area contributed by atoms with Crippen LogP contribution in [0.3, 0.4) is 0 Å². The van der Waals surface area contributed by atoms with E-state index in [0.717, 1.165) is 42.0 Å². The molecule has 2 fully saturated rings. The van der Waals surface area contributed by atoms with E-state index < -0.39 is 5.60 Å². The van der Waals surface area contributed by atoms with Crippen LogP contribution in [-0.2, 0) is 11.2 Å². The fraction of sp³-hybridized carbons (Fsp3) is 0.520. The number of fused-ring (bicyclic) bond motifs is 4. The number of likely N-dealkylation sites (tertiary alicyclic amines) is 1. The third kappa shape index (κ3) is 4.09. The van der Waals surface area contributed by atoms with Crippen molar-refractivity contribution in [2.75, 3.05) is 36.9 Å². The monoisotopic (exact) mass is 462 g/mol. The highest BCUT2D eigenvalue weighted by atomic mass is 16.6. The molecule has 1 aromatic heterocycles. The molecule has 1 amide bonds. The van der Waals surface area contributed by atoms with Gasteiger partial charge in [-0.2, -0.15) is 10.2 Å². The lowest BCUT2D eigenvalue weighted by Crippen LogP contribution is -2.50. The van der Waals surface area contributed by atoms with Gasteiger partial charge in [0, 0.05) is 37.2 Å². The van der Waals surface area contributed by atoms with Crippen molar-refractivity contribution in [1.82, 2.24) is 14.9 Å². The van der Waals surface area contributed by atoms with Crippen LogP contribution in [0.15, 0.2) is 18.2 Å². The second-order valence-corrected chi connectivity index (χ2v) is 10.2. The minimum atomic E-state index is -0.528. The van der Waals surface area contributed by atoms with Crippen molar-refractivity contribution >= 4 is 17.9 Å². The van der Waals surface area contributed by atoms with Gasteiger partial charge in [-0.25, -0.2) is 9.78 Å². The van der Waals surface area contributed by atoms with Crippen molar-refractivity contribution < 1.29 is 14.3 Å². The summed E-state index contributed by atoms with van der Waals surface area (Å²) < 4.78 is 11.7. The zero-order valence-corrected chi connectivity index (χ0v) is 19.9. The fourth-order valence-corrected chi connectivity index (χ4v) is 5.27. The fourth-order valence-electron chi connectivity index (χ4n) is 5.27. The predicted octanol–water partition coefficient (Wildman–Crippen LogP) is 3.37. The molecule has 2 saturated heterocycles. The number of amides is 1. The number of piperidine rings is 1. The smallest absolute Gasteiger partial charge is 0.410 e. The Morgan fingerprint density at radius 3 is 2.88 bits per heavy atom. The van der Waals surface area contributed by atoms with E-state index in [1.54, 1.807) is 12.1 Å². The summed E-state index contributed by atoms with van der Waals surface area (Å²) in [6, 6.07) is 7.60. The van der Waals surface area contributed by atoms with Crippen LogP contribution in [0.1, 0.15) is 44.7 Å². The van der Waals surface area contributed by atoms with E-state index in [9.17, 15) is 10.1 Å². The van der Waals surface area contributed by atoms with Gasteiger partial charge in [0.25, 0.3) is 0 Å². The Kier molecular flexibility index (Phi) is 5.47. The highest BCUT2D eigenvalue weighted by Gasteiger charge is 2.43. The van der Waals surface area contributed by atoms with Crippen LogP contribution in [0, 0.1) is 17.2 Å². The average Bonchev–Trinajstić information content (AvgIpc) is 3.14. The Hall–Kier alpha value is -3.54. The maximum absolute atomic E-state index is 12.9. The molecule has 0 aliphatic carbocycles. The van der Waals surface area contributed by atoms with Gasteiger partial charge < -0.3 is 25.0 Å². The molecule has 2 N–H and O–H groups in total. The molecule has 34 heavy (non-hydrogen) atoms. The van der Waals surface area contributed by atoms with Crippen molar-refractivity contribution in [2.45, 2.75) is 51.7 Å². The summed E-state index contributed by atoms with van der Waals surface area (Å²) in [5.41, 5.74) is 8.74. The maximum atomic E-state index is 12.9. The zero-order valence-electron chi connectivity index (χ0n) is 19.9. The predicted molar refractivity (Wildman–Crippen MR) is 127 cm³/mol. The van der Waals surface area contributed by atoms with E-state index in [-0.39, 0.29) is 18.1 Å². The maximum Gasteiger partial charge on any atom is 0.410 e. The van der Waals surface area contributed by atoms with E-state index in [2.05, 4.69) is 20.9 Å². The first-order valence-corrected chi connectivity index (χ1v) is 11.8. The van der Waals surface area contributed by atoms with Crippen molar-refractivity contribution in [2.24, 2.45) is 5.92 Å². The van der Waals surface area contributed by atoms with Crippen molar-refractivity contribution in [1.29, 1.82) is 5.26 Å². The number of nitriles is 1. The first kappa shape index (κ1) is 22.3. The number of carbonyl (C=O) groups is 1. The van der Waals surface area contributed by atoms with Gasteiger partial charge in [-0.15, -0.1) is 0 Å². The van der Waals surface area contributed by atoms with E-state index in [4.69, 9.17) is 15.2 Å². The molecule has 0 bridgehead atoms. The summed E-state index contributed by atoms with van der Waals surface area (Å²) in [4.78, 5) is 26.3. The topological polar surface area (TPSA) is 118 Å². The van der Waals surface area contributed by atoms with Crippen LogP contribution in [0.2, 0.25) is 0 Å². The Balaban J connectivity index is 1.48. The van der Waals surface area contributed by atoms with Gasteiger partial charge in [-0.05, 0) is 57.7 Å². The van der Waals surface area contributed by atoms with Gasteiger partial charge in [-0.1, -0.05) is 0 Å². The highest BCUT2D eigenvalue weighted by molar-refractivity contribution is 5.77. The Morgan fingerprint density at radius 2 is 2.12 bits per heavy atom. The molecule has 2 atom stereocenters. The lowest BCUT2D eigenvalue weighted by molar-refractivity contribution is 0.00669. The van der Waals surface area contributed by atoms with Gasteiger partial charge >= 0.3 is 6.09 Å². The third-order valence-corrected chi connectivity index (χ3v) is 6.69. The number of ether oxygens (including phenoxy) is 2. The normalized spacial score (nSPS) is 21.5. The van der Waals surface area contributed by atoms with Crippen molar-refractivity contribution in [3.05, 3.63) is 29.3 Å². The number of carbonyl (C=O) groups excluding carboxylic acids is 1. The summed E-state index contributed by atoms with van der Waals surface area (Å²) >= 11 is 0. The average molecular weight is 463 g/mol. The first-order valence-electron chi connectivity index (χ1n) is 11.8. The third-order valence-electron chi connectivity index (χ3n) is 6.69. The number of nitrogens with two attached hydrogens (primary N) is 1. The molecule has 5 rings (SSSR count). The Labute approximate surface area is 199 Å². The number of anilines is 2. The molecule has 1 aromatic carbocycles. The van der Waals surface area contributed by atoms with Gasteiger partial charge in [0.05, 0.1) is 30.0 Å². The summed E-state index contributed by atoms with van der Waals surface area (Å²) in [5, 5.41) is 9.27. The SMILES string of the molecule is CC(C)(C)OC(=O)N1CCCC2CN(c3nc(N)nc4c3CCOc3cc(C#N)ccc3-4)CC21. The number of nitrogens with zero attached hydrogens (tertiary/aromatic N) is 5. The minimum absolute atomic E-state index is 0.0722. The van der Waals surface area contributed by atoms with E-state index in [0.29, 0.717) is 43.3 Å². The summed E-state index contributed by atoms with van der Waals surface area (Å²) in [5.74, 6) is 1.99. The highest BCUT2D eigenvalue weighted by Crippen LogP contribution is 2.41. The van der Waals surface area contributed by atoms with Crippen molar-refractivity contribution in [3.8, 4) is 23.1 Å². The molecule has 0 radical (unpaired) electrons. The number of rotatable bonds is 1. The van der Waals surface area contributed by atoms with Gasteiger partial charge in [0.15, 0.2) is 0 Å². The van der Waals surface area contributed by atoms with E-state index in [1.807, 2.05) is 31.7 Å². The van der Waals surface area contributed by atoms with E-state index >= 15 is 0 Å². The standard InChI is InChI=1S/C25H30N6O3/c1-25(2,3)34-24(32)31-9-4-5-16-13-30(14-19(16)31)22-18-8-10-33-20-11-15(12-26)6-7-17(20)21(18)28-23(27)29-22/h6-7,11,16,19H,4-5,8-10,13-14H2,1-3H3,(H2,27,28,29). The second kappa shape index (κ2) is 8.35. The first-order chi connectivity index (χ1) is 16.2. The molecule has 0 spiro atoms. The van der Waals surface area contributed by atoms with Crippen LogP contribution >= 0.6 is 0 Å². The van der Waals surface area contributed by atoms with Crippen molar-refractivity contribution in [3.63, 3.8) is 0 Å². The molecular formula is C25H30N6O3. The quantitative estimate of drug-likeness (QED) is 0.685. The van der Waals surface area contributed by atoms with Crippen LogP contribution in [0.25, 0.3) is 11.3 Å². The summed E-state index contributed by atoms with van der Waals surface area (Å²) in [6.07, 6.45) is 2.40. The van der Waals surface area contributed by atoms with E-state index in [1.165, 1.54) is 0 Å². The van der Waals surface area contributed by atoms with Gasteiger partial charge in [0.2, 0.25) is 5.95 Å². The molecule has 9 heteroatoms. The lowest BCUT2D eigenvalue weighted by Gasteiger charge is -2.37. The number of hydrogen-bond donors (Lipinski definition) is 1. The van der Waals surface area contributed by atoms with Gasteiger partial charge in [-0.3, -0.25) is 0 Å². The van der Waals surface area contributed by atoms with Crippen LogP contribution in [0.4, 0.5) is 16.6 Å². The number of hydrogen-bond acceptors (Lipinski definition) is 8. The molecule has 3 aliphatic heterocycles. The number of nitrogen functional groups attached to an aromatic ring is 1.